The predicted molar refractivity (Wildman–Crippen MR) is 114 cm³/mol. The summed E-state index contributed by atoms with van der Waals surface area (Å²) < 4.78 is 26.9. The van der Waals surface area contributed by atoms with Gasteiger partial charge in [-0.2, -0.15) is 4.31 Å². The van der Waals surface area contributed by atoms with Gasteiger partial charge in [0.25, 0.3) is 5.91 Å². The molecule has 1 aliphatic rings. The van der Waals surface area contributed by atoms with Crippen LogP contribution >= 0.6 is 0 Å². The van der Waals surface area contributed by atoms with E-state index in [0.717, 1.165) is 24.1 Å². The number of carbonyl (C=O) groups is 1. The van der Waals surface area contributed by atoms with Gasteiger partial charge in [0.1, 0.15) is 0 Å². The number of carbonyl (C=O) groups excluding carboxylic acids is 1. The summed E-state index contributed by atoms with van der Waals surface area (Å²) in [5, 5.41) is 3.02. The van der Waals surface area contributed by atoms with Gasteiger partial charge in [0.05, 0.1) is 16.6 Å². The topological polar surface area (TPSA) is 79.4 Å². The lowest BCUT2D eigenvalue weighted by molar-refractivity contribution is 0.0942. The molecule has 6 nitrogen and oxygen atoms in total. The van der Waals surface area contributed by atoms with E-state index in [1.165, 1.54) is 16.4 Å². The lowest BCUT2D eigenvalue weighted by Gasteiger charge is -2.19. The van der Waals surface area contributed by atoms with Crippen LogP contribution < -0.4 is 5.32 Å². The molecule has 2 heterocycles. The maximum Gasteiger partial charge on any atom is 0.252 e. The number of pyridine rings is 1. The molecule has 30 heavy (non-hydrogen) atoms. The van der Waals surface area contributed by atoms with E-state index in [0.29, 0.717) is 18.7 Å². The quantitative estimate of drug-likeness (QED) is 0.662. The molecule has 3 aromatic rings. The molecule has 1 N–H and O–H groups in total. The van der Waals surface area contributed by atoms with Crippen molar-refractivity contribution in [3.05, 3.63) is 95.8 Å². The van der Waals surface area contributed by atoms with Crippen molar-refractivity contribution in [2.24, 2.45) is 0 Å². The largest absolute Gasteiger partial charge is 0.340 e. The molecule has 1 aromatic heterocycles. The van der Waals surface area contributed by atoms with Crippen LogP contribution in [0, 0.1) is 0 Å². The molecular formula is C23H23N3O3S. The average molecular weight is 422 g/mol. The minimum atomic E-state index is -3.50. The van der Waals surface area contributed by atoms with Crippen molar-refractivity contribution in [3.8, 4) is 0 Å². The Bertz CT molecular complexity index is 1060. The third-order valence-corrected chi connectivity index (χ3v) is 7.12. The number of nitrogens with zero attached hydrogens (tertiary/aromatic N) is 2. The van der Waals surface area contributed by atoms with Crippen molar-refractivity contribution >= 4 is 15.9 Å². The van der Waals surface area contributed by atoms with Gasteiger partial charge in [0, 0.05) is 24.8 Å². The van der Waals surface area contributed by atoms with Gasteiger partial charge >= 0.3 is 0 Å². The number of nitrogens with one attached hydrogen (secondary N) is 1. The Morgan fingerprint density at radius 2 is 1.57 bits per heavy atom. The zero-order valence-electron chi connectivity index (χ0n) is 16.4. The van der Waals surface area contributed by atoms with E-state index in [9.17, 15) is 13.2 Å². The Morgan fingerprint density at radius 1 is 0.900 bits per heavy atom. The van der Waals surface area contributed by atoms with Crippen LogP contribution in [0.25, 0.3) is 0 Å². The number of benzene rings is 2. The monoisotopic (exact) mass is 421 g/mol. The molecule has 0 spiro atoms. The van der Waals surface area contributed by atoms with Gasteiger partial charge in [-0.05, 0) is 54.8 Å². The Labute approximate surface area is 176 Å². The fourth-order valence-electron chi connectivity index (χ4n) is 3.59. The molecule has 1 unspecified atom stereocenters. The highest BCUT2D eigenvalue weighted by Gasteiger charge is 2.27. The maximum absolute atomic E-state index is 12.9. The van der Waals surface area contributed by atoms with E-state index in [4.69, 9.17) is 0 Å². The van der Waals surface area contributed by atoms with Gasteiger partial charge in [0.2, 0.25) is 10.0 Å². The molecule has 7 heteroatoms. The molecule has 0 radical (unpaired) electrons. The molecule has 154 valence electrons. The van der Waals surface area contributed by atoms with Crippen LogP contribution in [-0.2, 0) is 10.0 Å². The van der Waals surface area contributed by atoms with Crippen LogP contribution in [0.15, 0.2) is 83.9 Å². The second kappa shape index (κ2) is 8.77. The average Bonchev–Trinajstić information content (AvgIpc) is 3.35. The number of sulfonamides is 1. The summed E-state index contributed by atoms with van der Waals surface area (Å²) >= 11 is 0. The van der Waals surface area contributed by atoms with E-state index in [-0.39, 0.29) is 10.8 Å². The molecule has 0 bridgehead atoms. The van der Waals surface area contributed by atoms with Gasteiger partial charge in [-0.1, -0.05) is 36.4 Å². The van der Waals surface area contributed by atoms with Crippen molar-refractivity contribution in [1.29, 1.82) is 0 Å². The van der Waals surface area contributed by atoms with Gasteiger partial charge in [0.15, 0.2) is 0 Å². The minimum absolute atomic E-state index is 0.213. The van der Waals surface area contributed by atoms with Crippen molar-refractivity contribution in [2.75, 3.05) is 13.1 Å². The fourth-order valence-corrected chi connectivity index (χ4v) is 5.11. The number of amides is 1. The van der Waals surface area contributed by atoms with Crippen molar-refractivity contribution in [2.45, 2.75) is 23.8 Å². The standard InChI is InChI=1S/C23H23N3O3S/c27-23(19-11-13-20(14-12-19)30(28,29)26-16-6-7-17-26)25-22(18-8-2-1-3-9-18)21-10-4-5-15-24-21/h1-5,8-15,22H,6-7,16-17H2,(H,25,27). The molecule has 1 saturated heterocycles. The van der Waals surface area contributed by atoms with Crippen LogP contribution in [0.5, 0.6) is 0 Å². The number of hydrogen-bond acceptors (Lipinski definition) is 4. The normalized spacial score (nSPS) is 15.6. The number of aromatic nitrogens is 1. The number of rotatable bonds is 6. The van der Waals surface area contributed by atoms with Gasteiger partial charge in [-0.15, -0.1) is 0 Å². The summed E-state index contributed by atoms with van der Waals surface area (Å²) in [6.07, 6.45) is 3.46. The van der Waals surface area contributed by atoms with E-state index in [2.05, 4.69) is 10.3 Å². The lowest BCUT2D eigenvalue weighted by atomic mass is 10.0. The molecule has 4 rings (SSSR count). The third-order valence-electron chi connectivity index (χ3n) is 5.21. The zero-order chi connectivity index (χ0) is 21.0. The van der Waals surface area contributed by atoms with Crippen LogP contribution in [0.2, 0.25) is 0 Å². The Morgan fingerprint density at radius 3 is 2.20 bits per heavy atom. The highest BCUT2D eigenvalue weighted by Crippen LogP contribution is 2.23. The lowest BCUT2D eigenvalue weighted by Crippen LogP contribution is -2.30. The molecule has 0 aliphatic carbocycles. The molecular weight excluding hydrogens is 398 g/mol. The molecule has 1 aliphatic heterocycles. The predicted octanol–water partition coefficient (Wildman–Crippen LogP) is 3.39. The number of hydrogen-bond donors (Lipinski definition) is 1. The summed E-state index contributed by atoms with van der Waals surface area (Å²) in [5.41, 5.74) is 2.04. The van der Waals surface area contributed by atoms with Crippen LogP contribution in [0.1, 0.15) is 40.5 Å². The second-order valence-electron chi connectivity index (χ2n) is 7.21. The first kappa shape index (κ1) is 20.3. The summed E-state index contributed by atoms with van der Waals surface area (Å²) in [6, 6.07) is 20.9. The third kappa shape index (κ3) is 4.27. The van der Waals surface area contributed by atoms with Crippen LogP contribution in [-0.4, -0.2) is 36.7 Å². The fraction of sp³-hybridized carbons (Fsp3) is 0.217. The first-order chi connectivity index (χ1) is 14.6. The van der Waals surface area contributed by atoms with Crippen molar-refractivity contribution in [1.82, 2.24) is 14.6 Å². The van der Waals surface area contributed by atoms with Crippen molar-refractivity contribution in [3.63, 3.8) is 0 Å². The van der Waals surface area contributed by atoms with Crippen molar-refractivity contribution < 1.29 is 13.2 Å². The van der Waals surface area contributed by atoms with Crippen LogP contribution in [0.4, 0.5) is 0 Å². The van der Waals surface area contributed by atoms with Crippen LogP contribution in [0.3, 0.4) is 0 Å². The zero-order valence-corrected chi connectivity index (χ0v) is 17.3. The van der Waals surface area contributed by atoms with Gasteiger partial charge in [-0.3, -0.25) is 9.78 Å². The molecule has 1 fully saturated rings. The van der Waals surface area contributed by atoms with E-state index in [1.54, 1.807) is 18.3 Å². The first-order valence-corrected chi connectivity index (χ1v) is 11.4. The SMILES string of the molecule is O=C(NC(c1ccccc1)c1ccccn1)c1ccc(S(=O)(=O)N2CCCC2)cc1. The Hall–Kier alpha value is -3.03. The van der Waals surface area contributed by atoms with E-state index in [1.807, 2.05) is 48.5 Å². The summed E-state index contributed by atoms with van der Waals surface area (Å²) in [4.78, 5) is 17.5. The molecule has 1 atom stereocenters. The van der Waals surface area contributed by atoms with E-state index < -0.39 is 16.1 Å². The smallest absolute Gasteiger partial charge is 0.252 e. The summed E-state index contributed by atoms with van der Waals surface area (Å²) in [5.74, 6) is -0.292. The molecule has 0 saturated carbocycles. The summed E-state index contributed by atoms with van der Waals surface area (Å²) in [6.45, 7) is 1.10. The maximum atomic E-state index is 12.9. The minimum Gasteiger partial charge on any atom is -0.340 e. The highest BCUT2D eigenvalue weighted by atomic mass is 32.2. The second-order valence-corrected chi connectivity index (χ2v) is 9.15. The molecule has 1 amide bonds. The molecule has 2 aromatic carbocycles. The summed E-state index contributed by atoms with van der Waals surface area (Å²) in [7, 11) is -3.50. The first-order valence-electron chi connectivity index (χ1n) is 9.93. The Balaban J connectivity index is 1.56. The Kier molecular flexibility index (Phi) is 5.92. The van der Waals surface area contributed by atoms with Gasteiger partial charge in [-0.25, -0.2) is 8.42 Å². The van der Waals surface area contributed by atoms with E-state index >= 15 is 0 Å². The van der Waals surface area contributed by atoms with Gasteiger partial charge < -0.3 is 5.32 Å². The highest BCUT2D eigenvalue weighted by molar-refractivity contribution is 7.89.